The SMILES string of the molecule is COc1ccc(CC(=S)CC(=O)CCCCCc2cccc(-c3ncn(-c4ccc(OC(F)(F)F)cc4)n3)c2)c(C)c1. The summed E-state index contributed by atoms with van der Waals surface area (Å²) in [5, 5.41) is 4.48. The molecule has 4 aromatic rings. The summed E-state index contributed by atoms with van der Waals surface area (Å²) in [7, 11) is 1.64. The number of rotatable bonds is 14. The number of carbonyl (C=O) groups excluding carboxylic acids is 1. The van der Waals surface area contributed by atoms with E-state index in [1.165, 1.54) is 35.3 Å². The molecule has 0 amide bonds. The van der Waals surface area contributed by atoms with Crippen molar-refractivity contribution in [1.82, 2.24) is 14.8 Å². The Morgan fingerprint density at radius 1 is 0.976 bits per heavy atom. The van der Waals surface area contributed by atoms with Gasteiger partial charge in [0.1, 0.15) is 23.6 Å². The Bertz CT molecular complexity index is 1520. The van der Waals surface area contributed by atoms with Gasteiger partial charge in [0, 0.05) is 29.7 Å². The quantitative estimate of drug-likeness (QED) is 0.109. The minimum absolute atomic E-state index is 0.178. The zero-order valence-corrected chi connectivity index (χ0v) is 24.3. The number of benzene rings is 3. The minimum Gasteiger partial charge on any atom is -0.497 e. The predicted octanol–water partition coefficient (Wildman–Crippen LogP) is 7.82. The lowest BCUT2D eigenvalue weighted by Crippen LogP contribution is -2.17. The van der Waals surface area contributed by atoms with Gasteiger partial charge in [-0.3, -0.25) is 4.79 Å². The van der Waals surface area contributed by atoms with Gasteiger partial charge in [0.05, 0.1) is 12.8 Å². The van der Waals surface area contributed by atoms with E-state index in [4.69, 9.17) is 17.0 Å². The number of aryl methyl sites for hydroxylation is 2. The fourth-order valence-corrected chi connectivity index (χ4v) is 4.91. The van der Waals surface area contributed by atoms with E-state index < -0.39 is 6.36 Å². The van der Waals surface area contributed by atoms with Crippen LogP contribution in [0, 0.1) is 6.92 Å². The average molecular weight is 596 g/mol. The molecule has 0 aliphatic carbocycles. The molecule has 6 nitrogen and oxygen atoms in total. The Balaban J connectivity index is 1.20. The van der Waals surface area contributed by atoms with Crippen LogP contribution in [0.3, 0.4) is 0 Å². The normalized spacial score (nSPS) is 11.4. The molecule has 0 aliphatic rings. The van der Waals surface area contributed by atoms with Crippen LogP contribution in [0.4, 0.5) is 13.2 Å². The van der Waals surface area contributed by atoms with E-state index in [2.05, 4.69) is 14.8 Å². The highest BCUT2D eigenvalue weighted by atomic mass is 32.1. The standard InChI is InChI=1S/C32H32F3N3O3S/c1-22-17-29(40-2)14-11-24(22)19-30(42)20-27(39)10-5-3-4-7-23-8-6-9-25(18-23)31-36-21-38(37-31)26-12-15-28(16-13-26)41-32(33,34)35/h6,8-9,11-18,21H,3-5,7,10,19-20H2,1-2H3. The molecule has 0 unspecified atom stereocenters. The summed E-state index contributed by atoms with van der Waals surface area (Å²) in [6.45, 7) is 2.02. The Labute approximate surface area is 248 Å². The maximum absolute atomic E-state index is 12.5. The number of thiocarbonyl (C=S) groups is 1. The van der Waals surface area contributed by atoms with Crippen molar-refractivity contribution in [2.24, 2.45) is 0 Å². The lowest BCUT2D eigenvalue weighted by Gasteiger charge is -2.09. The van der Waals surface area contributed by atoms with Gasteiger partial charge in [0.2, 0.25) is 0 Å². The highest BCUT2D eigenvalue weighted by molar-refractivity contribution is 7.80. The Morgan fingerprint density at radius 3 is 2.45 bits per heavy atom. The number of hydrogen-bond acceptors (Lipinski definition) is 6. The van der Waals surface area contributed by atoms with Crippen molar-refractivity contribution < 1.29 is 27.4 Å². The van der Waals surface area contributed by atoms with Gasteiger partial charge >= 0.3 is 6.36 Å². The van der Waals surface area contributed by atoms with E-state index in [9.17, 15) is 18.0 Å². The van der Waals surface area contributed by atoms with Crippen molar-refractivity contribution in [3.05, 3.63) is 89.7 Å². The van der Waals surface area contributed by atoms with Crippen LogP contribution in [-0.2, 0) is 17.6 Å². The third kappa shape index (κ3) is 9.24. The van der Waals surface area contributed by atoms with Gasteiger partial charge in [0.25, 0.3) is 0 Å². The van der Waals surface area contributed by atoms with E-state index in [1.807, 2.05) is 49.4 Å². The number of Topliss-reactive ketones (excluding diaryl/α,β-unsaturated/α-hetero) is 1. The first-order valence-electron chi connectivity index (χ1n) is 13.6. The number of halogens is 3. The Morgan fingerprint density at radius 2 is 1.74 bits per heavy atom. The largest absolute Gasteiger partial charge is 0.573 e. The molecule has 0 N–H and O–H groups in total. The zero-order valence-electron chi connectivity index (χ0n) is 23.5. The molecule has 1 aromatic heterocycles. The average Bonchev–Trinajstić information content (AvgIpc) is 3.44. The van der Waals surface area contributed by atoms with Crippen LogP contribution in [0.15, 0.2) is 73.1 Å². The smallest absolute Gasteiger partial charge is 0.497 e. The van der Waals surface area contributed by atoms with Gasteiger partial charge in [-0.05, 0) is 85.3 Å². The van der Waals surface area contributed by atoms with Crippen LogP contribution in [0.5, 0.6) is 11.5 Å². The lowest BCUT2D eigenvalue weighted by molar-refractivity contribution is -0.274. The Hall–Kier alpha value is -4.05. The van der Waals surface area contributed by atoms with E-state index in [0.29, 0.717) is 30.8 Å². The van der Waals surface area contributed by atoms with E-state index in [-0.39, 0.29) is 11.5 Å². The molecular formula is C32H32F3N3O3S. The first-order chi connectivity index (χ1) is 20.1. The predicted molar refractivity (Wildman–Crippen MR) is 159 cm³/mol. The van der Waals surface area contributed by atoms with E-state index >= 15 is 0 Å². The third-order valence-electron chi connectivity index (χ3n) is 6.76. The summed E-state index contributed by atoms with van der Waals surface area (Å²) in [4.78, 5) is 17.6. The molecule has 0 bridgehead atoms. The second kappa shape index (κ2) is 14.2. The van der Waals surface area contributed by atoms with Gasteiger partial charge in [-0.1, -0.05) is 42.9 Å². The van der Waals surface area contributed by atoms with Crippen molar-refractivity contribution >= 4 is 22.9 Å². The highest BCUT2D eigenvalue weighted by Crippen LogP contribution is 2.24. The van der Waals surface area contributed by atoms with Gasteiger partial charge in [-0.15, -0.1) is 18.3 Å². The summed E-state index contributed by atoms with van der Waals surface area (Å²) < 4.78 is 47.8. The molecule has 220 valence electrons. The fourth-order valence-electron chi connectivity index (χ4n) is 4.59. The minimum atomic E-state index is -4.74. The van der Waals surface area contributed by atoms with Crippen LogP contribution in [0.25, 0.3) is 17.1 Å². The highest BCUT2D eigenvalue weighted by Gasteiger charge is 2.31. The first kappa shape index (κ1) is 30.9. The lowest BCUT2D eigenvalue weighted by atomic mass is 9.99. The van der Waals surface area contributed by atoms with Crippen molar-refractivity contribution in [2.45, 2.75) is 58.2 Å². The van der Waals surface area contributed by atoms with Crippen LogP contribution >= 0.6 is 12.2 Å². The summed E-state index contributed by atoms with van der Waals surface area (Å²) in [5.41, 5.74) is 4.77. The maximum Gasteiger partial charge on any atom is 0.573 e. The van der Waals surface area contributed by atoms with Gasteiger partial charge in [-0.25, -0.2) is 9.67 Å². The van der Waals surface area contributed by atoms with Crippen molar-refractivity contribution in [3.8, 4) is 28.6 Å². The molecule has 0 spiro atoms. The molecule has 0 saturated heterocycles. The number of ether oxygens (including phenoxy) is 2. The number of ketones is 1. The zero-order chi connectivity index (χ0) is 30.1. The van der Waals surface area contributed by atoms with Crippen LogP contribution in [-0.4, -0.2) is 38.9 Å². The first-order valence-corrected chi connectivity index (χ1v) is 14.0. The van der Waals surface area contributed by atoms with Crippen molar-refractivity contribution in [2.75, 3.05) is 7.11 Å². The second-order valence-electron chi connectivity index (χ2n) is 10.0. The molecule has 0 aliphatic heterocycles. The Kier molecular flexibility index (Phi) is 10.5. The van der Waals surface area contributed by atoms with Gasteiger partial charge < -0.3 is 9.47 Å². The number of methoxy groups -OCH3 is 1. The monoisotopic (exact) mass is 595 g/mol. The summed E-state index contributed by atoms with van der Waals surface area (Å²) in [6, 6.07) is 19.3. The van der Waals surface area contributed by atoms with E-state index in [0.717, 1.165) is 58.6 Å². The molecule has 0 saturated carbocycles. The van der Waals surface area contributed by atoms with Gasteiger partial charge in [-0.2, -0.15) is 0 Å². The van der Waals surface area contributed by atoms with Crippen LogP contribution < -0.4 is 9.47 Å². The van der Waals surface area contributed by atoms with E-state index in [1.54, 1.807) is 7.11 Å². The second-order valence-corrected chi connectivity index (χ2v) is 10.6. The molecule has 10 heteroatoms. The summed E-state index contributed by atoms with van der Waals surface area (Å²) in [5.74, 6) is 1.20. The molecule has 1 heterocycles. The topological polar surface area (TPSA) is 66.2 Å². The molecule has 0 radical (unpaired) electrons. The number of nitrogens with zero attached hydrogens (tertiary/aromatic N) is 3. The molecule has 0 atom stereocenters. The van der Waals surface area contributed by atoms with Crippen LogP contribution in [0.2, 0.25) is 0 Å². The van der Waals surface area contributed by atoms with Crippen molar-refractivity contribution in [3.63, 3.8) is 0 Å². The maximum atomic E-state index is 12.5. The summed E-state index contributed by atoms with van der Waals surface area (Å²) in [6.07, 6.45) is 1.80. The number of alkyl halides is 3. The fraction of sp³-hybridized carbons (Fsp3) is 0.312. The number of hydrogen-bond donors (Lipinski definition) is 0. The van der Waals surface area contributed by atoms with Crippen LogP contribution in [0.1, 0.15) is 48.8 Å². The number of aromatic nitrogens is 3. The third-order valence-corrected chi connectivity index (χ3v) is 7.05. The molecule has 0 fully saturated rings. The molecule has 42 heavy (non-hydrogen) atoms. The molecule has 3 aromatic carbocycles. The molecule has 4 rings (SSSR count). The molecular weight excluding hydrogens is 563 g/mol. The number of carbonyl (C=O) groups is 1. The van der Waals surface area contributed by atoms with Gasteiger partial charge in [0.15, 0.2) is 5.82 Å². The van der Waals surface area contributed by atoms with Crippen molar-refractivity contribution in [1.29, 1.82) is 0 Å². The number of unbranched alkanes of at least 4 members (excludes halogenated alkanes) is 2. The summed E-state index contributed by atoms with van der Waals surface area (Å²) >= 11 is 5.50.